The fraction of sp³-hybridized carbons (Fsp3) is 0.455. The zero-order valence-corrected chi connectivity index (χ0v) is 18.4. The van der Waals surface area contributed by atoms with Crippen LogP contribution < -0.4 is 0 Å². The average Bonchev–Trinajstić information content (AvgIpc) is 3.27. The van der Waals surface area contributed by atoms with Crippen LogP contribution in [0.25, 0.3) is 11.9 Å². The standard InChI is InChI=1S/C22H29N5O3/c1-15(2)27-20(10-12-24-27)26-16(3)14-19(17(26)4)8-9-21(28)30-18(5)22(29)25(6)13-7-11-23/h8-10,12,14-15,18H,7,13H2,1-6H3/b9-8+/t18-/m0/s1. The van der Waals surface area contributed by atoms with Crippen molar-refractivity contribution in [3.05, 3.63) is 41.4 Å². The summed E-state index contributed by atoms with van der Waals surface area (Å²) < 4.78 is 9.25. The van der Waals surface area contributed by atoms with Gasteiger partial charge in [0, 0.05) is 43.2 Å². The first kappa shape index (κ1) is 22.9. The van der Waals surface area contributed by atoms with Gasteiger partial charge in [-0.3, -0.25) is 4.79 Å². The van der Waals surface area contributed by atoms with Crippen LogP contribution in [0.5, 0.6) is 0 Å². The zero-order valence-electron chi connectivity index (χ0n) is 18.4. The molecule has 0 aliphatic rings. The zero-order chi connectivity index (χ0) is 22.4. The Labute approximate surface area is 177 Å². The molecule has 0 N–H and O–H groups in total. The van der Waals surface area contributed by atoms with Gasteiger partial charge in [-0.25, -0.2) is 9.48 Å². The molecule has 8 heteroatoms. The van der Waals surface area contributed by atoms with Crippen molar-refractivity contribution < 1.29 is 14.3 Å². The lowest BCUT2D eigenvalue weighted by Crippen LogP contribution is -2.37. The summed E-state index contributed by atoms with van der Waals surface area (Å²) >= 11 is 0. The molecule has 0 unspecified atom stereocenters. The Hall–Kier alpha value is -3.34. The van der Waals surface area contributed by atoms with Gasteiger partial charge in [-0.15, -0.1) is 0 Å². The van der Waals surface area contributed by atoms with E-state index in [4.69, 9.17) is 10.00 Å². The summed E-state index contributed by atoms with van der Waals surface area (Å²) in [6.45, 7) is 9.94. The molecule has 30 heavy (non-hydrogen) atoms. The van der Waals surface area contributed by atoms with Crippen LogP contribution in [-0.2, 0) is 14.3 Å². The first-order valence-electron chi connectivity index (χ1n) is 9.90. The van der Waals surface area contributed by atoms with Crippen LogP contribution in [-0.4, -0.2) is 50.8 Å². The molecule has 0 radical (unpaired) electrons. The molecule has 0 aliphatic carbocycles. The highest BCUT2D eigenvalue weighted by Crippen LogP contribution is 2.23. The maximum absolute atomic E-state index is 12.2. The maximum Gasteiger partial charge on any atom is 0.331 e. The largest absolute Gasteiger partial charge is 0.449 e. The minimum absolute atomic E-state index is 0.218. The Morgan fingerprint density at radius 2 is 2.03 bits per heavy atom. The summed E-state index contributed by atoms with van der Waals surface area (Å²) in [5, 5.41) is 13.0. The van der Waals surface area contributed by atoms with Gasteiger partial charge >= 0.3 is 5.97 Å². The van der Waals surface area contributed by atoms with Crippen molar-refractivity contribution in [2.75, 3.05) is 13.6 Å². The van der Waals surface area contributed by atoms with Crippen LogP contribution in [0.2, 0.25) is 0 Å². The fourth-order valence-electron chi connectivity index (χ4n) is 3.25. The van der Waals surface area contributed by atoms with E-state index >= 15 is 0 Å². The predicted octanol–water partition coefficient (Wildman–Crippen LogP) is 3.19. The van der Waals surface area contributed by atoms with Crippen molar-refractivity contribution in [3.8, 4) is 11.9 Å². The lowest BCUT2D eigenvalue weighted by Gasteiger charge is -2.19. The number of esters is 1. The minimum Gasteiger partial charge on any atom is -0.449 e. The van der Waals surface area contributed by atoms with E-state index in [-0.39, 0.29) is 18.4 Å². The first-order valence-corrected chi connectivity index (χ1v) is 9.90. The molecule has 0 saturated carbocycles. The SMILES string of the molecule is Cc1cc(/C=C/C(=O)O[C@@H](C)C(=O)N(C)CCC#N)c(C)n1-c1ccnn1C(C)C. The third-order valence-corrected chi connectivity index (χ3v) is 4.81. The van der Waals surface area contributed by atoms with Gasteiger partial charge in [0.15, 0.2) is 6.10 Å². The molecule has 2 rings (SSSR count). The molecule has 2 heterocycles. The van der Waals surface area contributed by atoms with Crippen molar-refractivity contribution in [2.45, 2.75) is 53.2 Å². The number of hydrogen-bond donors (Lipinski definition) is 0. The van der Waals surface area contributed by atoms with Gasteiger partial charge in [0.1, 0.15) is 5.82 Å². The molecule has 1 amide bonds. The van der Waals surface area contributed by atoms with E-state index < -0.39 is 12.1 Å². The number of carbonyl (C=O) groups is 2. The first-order chi connectivity index (χ1) is 14.2. The summed E-state index contributed by atoms with van der Waals surface area (Å²) in [5.41, 5.74) is 2.87. The summed E-state index contributed by atoms with van der Waals surface area (Å²) in [4.78, 5) is 25.8. The molecule has 160 valence electrons. The van der Waals surface area contributed by atoms with Crippen molar-refractivity contribution in [3.63, 3.8) is 0 Å². The van der Waals surface area contributed by atoms with Crippen LogP contribution in [0.4, 0.5) is 0 Å². The molecular weight excluding hydrogens is 382 g/mol. The molecule has 2 aromatic heterocycles. The molecular formula is C22H29N5O3. The van der Waals surface area contributed by atoms with Crippen LogP contribution in [0.1, 0.15) is 50.2 Å². The number of ether oxygens (including phenoxy) is 1. The van der Waals surface area contributed by atoms with E-state index in [0.717, 1.165) is 22.8 Å². The number of amides is 1. The molecule has 0 aliphatic heterocycles. The van der Waals surface area contributed by atoms with Crippen LogP contribution in [0.3, 0.4) is 0 Å². The Morgan fingerprint density at radius 1 is 1.33 bits per heavy atom. The van der Waals surface area contributed by atoms with Crippen LogP contribution in [0, 0.1) is 25.2 Å². The van der Waals surface area contributed by atoms with Crippen molar-refractivity contribution in [1.82, 2.24) is 19.2 Å². The Morgan fingerprint density at radius 3 is 2.67 bits per heavy atom. The summed E-state index contributed by atoms with van der Waals surface area (Å²) in [6.07, 6.45) is 4.10. The number of nitrogens with zero attached hydrogens (tertiary/aromatic N) is 5. The van der Waals surface area contributed by atoms with Gasteiger partial charge in [-0.2, -0.15) is 10.4 Å². The van der Waals surface area contributed by atoms with Gasteiger partial charge in [0.25, 0.3) is 5.91 Å². The highest BCUT2D eigenvalue weighted by molar-refractivity contribution is 5.90. The monoisotopic (exact) mass is 411 g/mol. The van der Waals surface area contributed by atoms with Crippen molar-refractivity contribution in [1.29, 1.82) is 5.26 Å². The Bertz CT molecular complexity index is 978. The van der Waals surface area contributed by atoms with E-state index in [2.05, 4.69) is 23.5 Å². The Balaban J connectivity index is 2.12. The van der Waals surface area contributed by atoms with Gasteiger partial charge in [0.05, 0.1) is 18.7 Å². The quantitative estimate of drug-likeness (QED) is 0.491. The molecule has 8 nitrogen and oxygen atoms in total. The van der Waals surface area contributed by atoms with E-state index in [1.807, 2.05) is 36.7 Å². The number of aromatic nitrogens is 3. The van der Waals surface area contributed by atoms with E-state index in [0.29, 0.717) is 6.54 Å². The van der Waals surface area contributed by atoms with Gasteiger partial charge in [-0.1, -0.05) is 0 Å². The van der Waals surface area contributed by atoms with Gasteiger partial charge < -0.3 is 14.2 Å². The normalized spacial score (nSPS) is 12.2. The number of carbonyl (C=O) groups excluding carboxylic acids is 2. The van der Waals surface area contributed by atoms with E-state index in [9.17, 15) is 9.59 Å². The van der Waals surface area contributed by atoms with Crippen molar-refractivity contribution >= 4 is 18.0 Å². The van der Waals surface area contributed by atoms with Gasteiger partial charge in [-0.05, 0) is 52.3 Å². The summed E-state index contributed by atoms with van der Waals surface area (Å²) in [7, 11) is 1.58. The third kappa shape index (κ3) is 5.17. The molecule has 0 saturated heterocycles. The number of likely N-dealkylation sites (N-methyl/N-ethyl adjacent to an activating group) is 1. The molecule has 0 fully saturated rings. The predicted molar refractivity (Wildman–Crippen MR) is 114 cm³/mol. The van der Waals surface area contributed by atoms with Crippen LogP contribution >= 0.6 is 0 Å². The lowest BCUT2D eigenvalue weighted by molar-refractivity contribution is -0.154. The highest BCUT2D eigenvalue weighted by atomic mass is 16.5. The van der Waals surface area contributed by atoms with E-state index in [1.54, 1.807) is 19.3 Å². The van der Waals surface area contributed by atoms with Crippen LogP contribution in [0.15, 0.2) is 24.4 Å². The summed E-state index contributed by atoms with van der Waals surface area (Å²) in [5.74, 6) is 0.0236. The smallest absolute Gasteiger partial charge is 0.331 e. The molecule has 0 aromatic carbocycles. The minimum atomic E-state index is -0.918. The summed E-state index contributed by atoms with van der Waals surface area (Å²) in [6, 6.07) is 6.14. The molecule has 1 atom stereocenters. The number of nitriles is 1. The van der Waals surface area contributed by atoms with Gasteiger partial charge in [0.2, 0.25) is 0 Å². The number of aryl methyl sites for hydroxylation is 1. The molecule has 2 aromatic rings. The molecule has 0 spiro atoms. The maximum atomic E-state index is 12.2. The highest BCUT2D eigenvalue weighted by Gasteiger charge is 2.20. The second-order valence-electron chi connectivity index (χ2n) is 7.47. The molecule has 0 bridgehead atoms. The third-order valence-electron chi connectivity index (χ3n) is 4.81. The average molecular weight is 412 g/mol. The fourth-order valence-corrected chi connectivity index (χ4v) is 3.25. The Kier molecular flexibility index (Phi) is 7.59. The topological polar surface area (TPSA) is 93.2 Å². The van der Waals surface area contributed by atoms with Crippen molar-refractivity contribution in [2.24, 2.45) is 0 Å². The van der Waals surface area contributed by atoms with E-state index in [1.165, 1.54) is 17.9 Å². The second-order valence-corrected chi connectivity index (χ2v) is 7.47. The number of hydrogen-bond acceptors (Lipinski definition) is 5. The second kappa shape index (κ2) is 9.92. The lowest BCUT2D eigenvalue weighted by atomic mass is 10.2. The number of rotatable bonds is 8.